The van der Waals surface area contributed by atoms with E-state index in [2.05, 4.69) is 0 Å². The molecule has 0 spiro atoms. The molecule has 0 fully saturated rings. The Bertz CT molecular complexity index is 202. The summed E-state index contributed by atoms with van der Waals surface area (Å²) in [6.07, 6.45) is 0. The first kappa shape index (κ1) is 6.67. The standard InChI is InChI=1S/C6H5IO2/c7-4-2-1-3-5(8)6(4)9/h1-3,8-9H. The van der Waals surface area contributed by atoms with Crippen molar-refractivity contribution in [1.29, 1.82) is 0 Å². The molecule has 1 aromatic carbocycles. The van der Waals surface area contributed by atoms with Crippen molar-refractivity contribution in [3.8, 4) is 11.5 Å². The molecule has 2 N–H and O–H groups in total. The normalized spacial score (nSPS) is 9.44. The van der Waals surface area contributed by atoms with Crippen LogP contribution in [0.4, 0.5) is 0 Å². The zero-order valence-corrected chi connectivity index (χ0v) is 6.66. The fraction of sp³-hybridized carbons (Fsp3) is 0. The van der Waals surface area contributed by atoms with Crippen LogP contribution in [-0.4, -0.2) is 10.2 Å². The summed E-state index contributed by atoms with van der Waals surface area (Å²) in [6.45, 7) is 0. The van der Waals surface area contributed by atoms with Crippen LogP contribution in [0.15, 0.2) is 18.2 Å². The third kappa shape index (κ3) is 1.27. The summed E-state index contributed by atoms with van der Waals surface area (Å²) in [5, 5.41) is 17.8. The Morgan fingerprint density at radius 2 is 1.89 bits per heavy atom. The maximum Gasteiger partial charge on any atom is 0.171 e. The van der Waals surface area contributed by atoms with Crippen molar-refractivity contribution >= 4 is 22.6 Å². The molecule has 1 rings (SSSR count). The maximum atomic E-state index is 8.95. The van der Waals surface area contributed by atoms with E-state index < -0.39 is 0 Å². The van der Waals surface area contributed by atoms with Crippen LogP contribution in [0.2, 0.25) is 0 Å². The van der Waals surface area contributed by atoms with Gasteiger partial charge in [-0.05, 0) is 34.7 Å². The molecule has 0 saturated heterocycles. The fourth-order valence-corrected chi connectivity index (χ4v) is 0.988. The highest BCUT2D eigenvalue weighted by Gasteiger charge is 1.99. The van der Waals surface area contributed by atoms with Crippen LogP contribution in [0.1, 0.15) is 0 Å². The lowest BCUT2D eigenvalue weighted by Crippen LogP contribution is -1.71. The first-order valence-corrected chi connectivity index (χ1v) is 3.46. The van der Waals surface area contributed by atoms with E-state index in [-0.39, 0.29) is 11.5 Å². The Hall–Kier alpha value is -0.450. The highest BCUT2D eigenvalue weighted by atomic mass is 127. The molecule has 0 bridgehead atoms. The number of para-hydroxylation sites is 1. The molecule has 0 amide bonds. The largest absolute Gasteiger partial charge is 0.504 e. The number of aromatic hydroxyl groups is 2. The van der Waals surface area contributed by atoms with Crippen LogP contribution in [0.25, 0.3) is 0 Å². The van der Waals surface area contributed by atoms with Crippen molar-refractivity contribution < 1.29 is 10.2 Å². The second kappa shape index (κ2) is 2.43. The third-order valence-electron chi connectivity index (χ3n) is 0.965. The number of phenolic OH excluding ortho intramolecular Hbond substituents is 2. The van der Waals surface area contributed by atoms with E-state index in [0.29, 0.717) is 3.57 Å². The minimum absolute atomic E-state index is 0.0434. The minimum atomic E-state index is -0.0677. The van der Waals surface area contributed by atoms with Gasteiger partial charge < -0.3 is 10.2 Å². The molecular weight excluding hydrogens is 231 g/mol. The number of rotatable bonds is 0. The smallest absolute Gasteiger partial charge is 0.171 e. The average Bonchev–Trinajstić information content (AvgIpc) is 1.83. The van der Waals surface area contributed by atoms with Gasteiger partial charge in [0.25, 0.3) is 0 Å². The third-order valence-corrected chi connectivity index (χ3v) is 1.84. The van der Waals surface area contributed by atoms with Gasteiger partial charge >= 0.3 is 0 Å². The summed E-state index contributed by atoms with van der Waals surface area (Å²) in [5.41, 5.74) is 0. The van der Waals surface area contributed by atoms with Gasteiger partial charge in [-0.3, -0.25) is 0 Å². The molecule has 9 heavy (non-hydrogen) atoms. The van der Waals surface area contributed by atoms with Crippen molar-refractivity contribution in [3.63, 3.8) is 0 Å². The summed E-state index contributed by atoms with van der Waals surface area (Å²) in [5.74, 6) is -0.111. The number of phenols is 2. The Morgan fingerprint density at radius 1 is 1.22 bits per heavy atom. The summed E-state index contributed by atoms with van der Waals surface area (Å²) in [6, 6.07) is 4.84. The number of benzene rings is 1. The number of halogens is 1. The van der Waals surface area contributed by atoms with Crippen LogP contribution in [0, 0.1) is 3.57 Å². The predicted molar refractivity (Wildman–Crippen MR) is 42.5 cm³/mol. The summed E-state index contributed by atoms with van der Waals surface area (Å²) < 4.78 is 0.660. The van der Waals surface area contributed by atoms with E-state index in [1.807, 2.05) is 22.6 Å². The Morgan fingerprint density at radius 3 is 2.33 bits per heavy atom. The Balaban J connectivity index is 3.25. The molecular formula is C6H5IO2. The van der Waals surface area contributed by atoms with E-state index in [4.69, 9.17) is 10.2 Å². The zero-order chi connectivity index (χ0) is 6.85. The van der Waals surface area contributed by atoms with E-state index in [0.717, 1.165) is 0 Å². The van der Waals surface area contributed by atoms with Crippen LogP contribution >= 0.6 is 22.6 Å². The molecule has 0 aliphatic carbocycles. The molecule has 0 aliphatic heterocycles. The van der Waals surface area contributed by atoms with Gasteiger partial charge in [0.1, 0.15) is 0 Å². The molecule has 48 valence electrons. The summed E-state index contributed by atoms with van der Waals surface area (Å²) in [4.78, 5) is 0. The minimum Gasteiger partial charge on any atom is -0.504 e. The lowest BCUT2D eigenvalue weighted by atomic mass is 10.3. The lowest BCUT2D eigenvalue weighted by molar-refractivity contribution is 0.401. The molecule has 0 aliphatic rings. The van der Waals surface area contributed by atoms with Gasteiger partial charge in [-0.2, -0.15) is 0 Å². The molecule has 0 heterocycles. The molecule has 0 radical (unpaired) electrons. The zero-order valence-electron chi connectivity index (χ0n) is 4.50. The highest BCUT2D eigenvalue weighted by Crippen LogP contribution is 2.28. The van der Waals surface area contributed by atoms with Gasteiger partial charge in [-0.15, -0.1) is 0 Å². The van der Waals surface area contributed by atoms with E-state index in [9.17, 15) is 0 Å². The first-order chi connectivity index (χ1) is 4.22. The second-order valence-electron chi connectivity index (χ2n) is 1.61. The lowest BCUT2D eigenvalue weighted by Gasteiger charge is -1.96. The topological polar surface area (TPSA) is 40.5 Å². The van der Waals surface area contributed by atoms with Crippen molar-refractivity contribution in [2.75, 3.05) is 0 Å². The highest BCUT2D eigenvalue weighted by molar-refractivity contribution is 14.1. The first-order valence-electron chi connectivity index (χ1n) is 2.38. The van der Waals surface area contributed by atoms with Gasteiger partial charge in [0.2, 0.25) is 0 Å². The van der Waals surface area contributed by atoms with Crippen LogP contribution in [0.3, 0.4) is 0 Å². The quantitative estimate of drug-likeness (QED) is 0.531. The SMILES string of the molecule is Oc1cccc(I)c1O. The van der Waals surface area contributed by atoms with Crippen molar-refractivity contribution in [2.24, 2.45) is 0 Å². The molecule has 0 aromatic heterocycles. The molecule has 3 heteroatoms. The van der Waals surface area contributed by atoms with Gasteiger partial charge in [-0.25, -0.2) is 0 Å². The number of hydrogen-bond acceptors (Lipinski definition) is 2. The maximum absolute atomic E-state index is 8.95. The summed E-state index contributed by atoms with van der Waals surface area (Å²) in [7, 11) is 0. The van der Waals surface area contributed by atoms with Crippen molar-refractivity contribution in [1.82, 2.24) is 0 Å². The monoisotopic (exact) mass is 236 g/mol. The van der Waals surface area contributed by atoms with Gasteiger partial charge in [-0.1, -0.05) is 6.07 Å². The molecule has 0 unspecified atom stereocenters. The summed E-state index contributed by atoms with van der Waals surface area (Å²) >= 11 is 1.94. The van der Waals surface area contributed by atoms with Crippen LogP contribution in [0.5, 0.6) is 11.5 Å². The molecule has 1 aromatic rings. The van der Waals surface area contributed by atoms with E-state index in [1.165, 1.54) is 6.07 Å². The van der Waals surface area contributed by atoms with Crippen LogP contribution in [-0.2, 0) is 0 Å². The van der Waals surface area contributed by atoms with E-state index >= 15 is 0 Å². The fourth-order valence-electron chi connectivity index (χ4n) is 0.504. The van der Waals surface area contributed by atoms with Crippen LogP contribution < -0.4 is 0 Å². The molecule has 0 atom stereocenters. The van der Waals surface area contributed by atoms with Gasteiger partial charge in [0.05, 0.1) is 3.57 Å². The van der Waals surface area contributed by atoms with Gasteiger partial charge in [0.15, 0.2) is 11.5 Å². The van der Waals surface area contributed by atoms with Crippen molar-refractivity contribution in [3.05, 3.63) is 21.8 Å². The molecule has 2 nitrogen and oxygen atoms in total. The van der Waals surface area contributed by atoms with E-state index in [1.54, 1.807) is 12.1 Å². The predicted octanol–water partition coefficient (Wildman–Crippen LogP) is 1.70. The van der Waals surface area contributed by atoms with Gasteiger partial charge in [0, 0.05) is 0 Å². The van der Waals surface area contributed by atoms with Crippen molar-refractivity contribution in [2.45, 2.75) is 0 Å². The average molecular weight is 236 g/mol. The Kier molecular flexibility index (Phi) is 1.80. The molecule has 0 saturated carbocycles. The second-order valence-corrected chi connectivity index (χ2v) is 2.77. The number of hydrogen-bond donors (Lipinski definition) is 2. The Labute approximate surface area is 66.3 Å².